The minimum absolute atomic E-state index is 0.123. The number of hydrogen-bond donors (Lipinski definition) is 1. The van der Waals surface area contributed by atoms with Gasteiger partial charge in [0.2, 0.25) is 5.78 Å². The van der Waals surface area contributed by atoms with Crippen LogP contribution >= 0.6 is 35.3 Å². The number of benzene rings is 1. The second-order valence-corrected chi connectivity index (χ2v) is 9.15. The van der Waals surface area contributed by atoms with Gasteiger partial charge in [-0.2, -0.15) is 0 Å². The zero-order valence-electron chi connectivity index (χ0n) is 16.8. The van der Waals surface area contributed by atoms with Gasteiger partial charge in [-0.3, -0.25) is 9.59 Å². The van der Waals surface area contributed by atoms with Crippen molar-refractivity contribution in [3.63, 3.8) is 0 Å². The van der Waals surface area contributed by atoms with Crippen LogP contribution in [0.2, 0.25) is 0 Å². The van der Waals surface area contributed by atoms with Crippen molar-refractivity contribution in [1.29, 1.82) is 0 Å². The van der Waals surface area contributed by atoms with Gasteiger partial charge in [0.1, 0.15) is 0 Å². The van der Waals surface area contributed by atoms with Gasteiger partial charge in [0.05, 0.1) is 16.9 Å². The lowest BCUT2D eigenvalue weighted by Crippen LogP contribution is -2.15. The summed E-state index contributed by atoms with van der Waals surface area (Å²) in [5.41, 5.74) is 3.00. The minimum atomic E-state index is -0.616. The van der Waals surface area contributed by atoms with Crippen LogP contribution < -0.4 is 0 Å². The minimum Gasteiger partial charge on any atom is -0.454 e. The van der Waals surface area contributed by atoms with Crippen LogP contribution in [0.4, 0.5) is 0 Å². The Kier molecular flexibility index (Phi) is 6.69. The molecule has 0 atom stereocenters. The van der Waals surface area contributed by atoms with Crippen LogP contribution in [0, 0.1) is 17.8 Å². The fourth-order valence-electron chi connectivity index (χ4n) is 3.09. The Morgan fingerprint density at radius 3 is 2.43 bits per heavy atom. The summed E-state index contributed by atoms with van der Waals surface area (Å²) in [6.07, 6.45) is 1.93. The van der Waals surface area contributed by atoms with E-state index in [0.29, 0.717) is 26.3 Å². The van der Waals surface area contributed by atoms with Gasteiger partial charge >= 0.3 is 5.97 Å². The number of hydrogen-bond acceptors (Lipinski definition) is 8. The summed E-state index contributed by atoms with van der Waals surface area (Å²) in [6, 6.07) is 6.63. The van der Waals surface area contributed by atoms with Gasteiger partial charge in [-0.05, 0) is 69.1 Å². The lowest BCUT2D eigenvalue weighted by molar-refractivity contribution is 0.0473. The Bertz CT molecular complexity index is 1190. The first-order chi connectivity index (χ1) is 14.2. The average molecular weight is 462 g/mol. The number of nitrogens with one attached hydrogen (secondary N) is 1. The number of ether oxygens (including phenoxy) is 1. The topological polar surface area (TPSA) is 94.1 Å². The third-order valence-corrected chi connectivity index (χ3v) is 6.66. The number of Topliss-reactive ketones (excluding diaryl/α,β-unsaturated/α-hetero) is 2. The predicted octanol–water partition coefficient (Wildman–Crippen LogP) is 4.57. The van der Waals surface area contributed by atoms with Crippen molar-refractivity contribution < 1.29 is 19.1 Å². The number of aromatic amines is 1. The van der Waals surface area contributed by atoms with Crippen molar-refractivity contribution >= 4 is 52.9 Å². The summed E-state index contributed by atoms with van der Waals surface area (Å²) < 4.78 is 8.26. The van der Waals surface area contributed by atoms with Crippen LogP contribution in [0.25, 0.3) is 5.69 Å². The lowest BCUT2D eigenvalue weighted by atomic mass is 10.1. The maximum absolute atomic E-state index is 12.5. The second-order valence-electron chi connectivity index (χ2n) is 6.48. The smallest absolute Gasteiger partial charge is 0.338 e. The molecule has 0 amide bonds. The van der Waals surface area contributed by atoms with E-state index in [-0.39, 0.29) is 11.5 Å². The van der Waals surface area contributed by atoms with Gasteiger partial charge in [0, 0.05) is 11.3 Å². The molecular formula is C20H19N3O4S3. The van der Waals surface area contributed by atoms with Gasteiger partial charge in [0.15, 0.2) is 20.7 Å². The summed E-state index contributed by atoms with van der Waals surface area (Å²) >= 11 is 8.23. The molecule has 30 heavy (non-hydrogen) atoms. The van der Waals surface area contributed by atoms with Crippen LogP contribution in [0.5, 0.6) is 0 Å². The van der Waals surface area contributed by atoms with E-state index in [0.717, 1.165) is 10.0 Å². The molecule has 0 aliphatic carbocycles. The number of carbonyl (C=O) groups is 3. The number of carbonyl (C=O) groups excluding carboxylic acids is 3. The molecular weight excluding hydrogens is 442 g/mol. The van der Waals surface area contributed by atoms with Crippen LogP contribution in [0.15, 0.2) is 28.6 Å². The zero-order valence-corrected chi connectivity index (χ0v) is 19.2. The van der Waals surface area contributed by atoms with Crippen LogP contribution in [-0.4, -0.2) is 45.2 Å². The zero-order chi connectivity index (χ0) is 22.0. The van der Waals surface area contributed by atoms with Crippen molar-refractivity contribution in [2.24, 2.45) is 0 Å². The molecule has 7 nitrogen and oxygen atoms in total. The van der Waals surface area contributed by atoms with Crippen molar-refractivity contribution in [2.45, 2.75) is 25.1 Å². The largest absolute Gasteiger partial charge is 0.454 e. The van der Waals surface area contributed by atoms with E-state index in [2.05, 4.69) is 10.1 Å². The molecule has 0 aliphatic heterocycles. The molecule has 156 valence electrons. The summed E-state index contributed by atoms with van der Waals surface area (Å²) in [5.74, 6) is -1.14. The van der Waals surface area contributed by atoms with Gasteiger partial charge in [-0.1, -0.05) is 23.1 Å². The Morgan fingerprint density at radius 1 is 1.23 bits per heavy atom. The molecule has 2 aromatic heterocycles. The number of ketones is 2. The number of rotatable bonds is 7. The summed E-state index contributed by atoms with van der Waals surface area (Å²) in [5, 5.41) is 4.40. The molecule has 3 rings (SSSR count). The van der Waals surface area contributed by atoms with Crippen LogP contribution in [0.3, 0.4) is 0 Å². The molecule has 0 bridgehead atoms. The molecule has 10 heteroatoms. The van der Waals surface area contributed by atoms with Crippen LogP contribution in [0.1, 0.15) is 49.4 Å². The quantitative estimate of drug-likeness (QED) is 0.238. The molecule has 3 aromatic rings. The maximum atomic E-state index is 12.5. The van der Waals surface area contributed by atoms with Crippen LogP contribution in [-0.2, 0) is 4.74 Å². The van der Waals surface area contributed by atoms with Crippen molar-refractivity contribution in [2.75, 3.05) is 12.9 Å². The second kappa shape index (κ2) is 9.07. The highest BCUT2D eigenvalue weighted by Crippen LogP contribution is 2.22. The Hall–Kier alpha value is -2.56. The summed E-state index contributed by atoms with van der Waals surface area (Å²) in [7, 11) is 0. The van der Waals surface area contributed by atoms with Crippen molar-refractivity contribution in [3.05, 3.63) is 56.3 Å². The summed E-state index contributed by atoms with van der Waals surface area (Å²) in [4.78, 5) is 39.4. The predicted molar refractivity (Wildman–Crippen MR) is 119 cm³/mol. The first kappa shape index (κ1) is 22.1. The molecule has 0 fully saturated rings. The van der Waals surface area contributed by atoms with E-state index in [1.54, 1.807) is 42.8 Å². The Labute approximate surface area is 186 Å². The lowest BCUT2D eigenvalue weighted by Gasteiger charge is -2.06. The highest BCUT2D eigenvalue weighted by molar-refractivity contribution is 8.00. The summed E-state index contributed by atoms with van der Waals surface area (Å²) in [6.45, 7) is 4.44. The normalized spacial score (nSPS) is 10.8. The van der Waals surface area contributed by atoms with E-state index < -0.39 is 18.4 Å². The van der Waals surface area contributed by atoms with E-state index in [1.165, 1.54) is 30.0 Å². The van der Waals surface area contributed by atoms with E-state index in [9.17, 15) is 14.4 Å². The molecule has 0 saturated heterocycles. The monoisotopic (exact) mass is 461 g/mol. The first-order valence-corrected chi connectivity index (χ1v) is 11.3. The number of aromatic nitrogens is 3. The van der Waals surface area contributed by atoms with E-state index in [1.807, 2.05) is 6.26 Å². The first-order valence-electron chi connectivity index (χ1n) is 8.88. The number of aryl methyl sites for hydroxylation is 1. The molecule has 1 N–H and O–H groups in total. The Balaban J connectivity index is 1.69. The highest BCUT2D eigenvalue weighted by Gasteiger charge is 2.21. The number of H-pyrrole nitrogens is 1. The Morgan fingerprint density at radius 2 is 1.90 bits per heavy atom. The number of nitrogens with zero attached hydrogens (tertiary/aromatic N) is 2. The van der Waals surface area contributed by atoms with Gasteiger partial charge in [-0.15, -0.1) is 5.10 Å². The van der Waals surface area contributed by atoms with Crippen molar-refractivity contribution in [1.82, 2.24) is 14.8 Å². The van der Waals surface area contributed by atoms with Crippen molar-refractivity contribution in [3.8, 4) is 5.69 Å². The molecule has 0 radical (unpaired) electrons. The maximum Gasteiger partial charge on any atom is 0.338 e. The third-order valence-electron chi connectivity index (χ3n) is 4.45. The molecule has 0 aliphatic rings. The molecule has 0 spiro atoms. The third kappa shape index (κ3) is 4.45. The molecule has 0 unspecified atom stereocenters. The van der Waals surface area contributed by atoms with E-state index >= 15 is 0 Å². The number of thioether (sulfide) groups is 1. The van der Waals surface area contributed by atoms with E-state index in [4.69, 9.17) is 17.0 Å². The van der Waals surface area contributed by atoms with Gasteiger partial charge < -0.3 is 9.72 Å². The number of esters is 1. The van der Waals surface area contributed by atoms with Gasteiger partial charge in [0.25, 0.3) is 0 Å². The average Bonchev–Trinajstić information content (AvgIpc) is 3.24. The fourth-order valence-corrected chi connectivity index (χ4v) is 4.87. The molecule has 2 heterocycles. The SMILES string of the molecule is CSc1nn(-c2ccc(C(=O)OCC(=O)c3[nH]c(C)c(C(C)=O)c3C)cc2)c(=S)s1. The fraction of sp³-hybridized carbons (Fsp3) is 0.250. The molecule has 1 aromatic carbocycles. The highest BCUT2D eigenvalue weighted by atomic mass is 32.2. The standard InChI is InChI=1S/C20H19N3O4S3/c1-10-16(12(3)24)11(2)21-17(10)15(25)9-27-18(26)13-5-7-14(8-6-13)23-20(28)30-19(22-23)29-4/h5-8,21H,9H2,1-4H3. The van der Waals surface area contributed by atoms with Gasteiger partial charge in [-0.25, -0.2) is 9.48 Å². The molecule has 0 saturated carbocycles.